The minimum atomic E-state index is -0.713. The van der Waals surface area contributed by atoms with Gasteiger partial charge in [-0.3, -0.25) is 14.7 Å². The number of benzene rings is 1. The summed E-state index contributed by atoms with van der Waals surface area (Å²) < 4.78 is 11.5. The van der Waals surface area contributed by atoms with Gasteiger partial charge in [0.25, 0.3) is 0 Å². The molecule has 0 radical (unpaired) electrons. The number of nitrogens with one attached hydrogen (secondary N) is 1. The first-order valence-electron chi connectivity index (χ1n) is 10.0. The van der Waals surface area contributed by atoms with Crippen molar-refractivity contribution in [3.05, 3.63) is 59.9 Å². The Kier molecular flexibility index (Phi) is 4.39. The van der Waals surface area contributed by atoms with Gasteiger partial charge >= 0.3 is 0 Å². The molecule has 0 unspecified atom stereocenters. The minimum absolute atomic E-state index is 0.0297. The van der Waals surface area contributed by atoms with E-state index in [9.17, 15) is 9.59 Å². The number of fused-ring (bicyclic) bond motifs is 1. The summed E-state index contributed by atoms with van der Waals surface area (Å²) >= 11 is 0. The Morgan fingerprint density at radius 3 is 3.07 bits per heavy atom. The number of rotatable bonds is 6. The lowest BCUT2D eigenvalue weighted by atomic mass is 9.76. The van der Waals surface area contributed by atoms with Crippen molar-refractivity contribution in [3.63, 3.8) is 0 Å². The molecular formula is C22H24N4O4. The Morgan fingerprint density at radius 1 is 1.43 bits per heavy atom. The molecule has 0 aliphatic carbocycles. The third kappa shape index (κ3) is 2.90. The number of ether oxygens (including phenoxy) is 2. The van der Waals surface area contributed by atoms with Crippen LogP contribution in [-0.2, 0) is 27.4 Å². The first-order chi connectivity index (χ1) is 14.5. The zero-order valence-corrected chi connectivity index (χ0v) is 16.9. The first-order valence-corrected chi connectivity index (χ1v) is 10.0. The molecule has 30 heavy (non-hydrogen) atoms. The third-order valence-electron chi connectivity index (χ3n) is 6.31. The van der Waals surface area contributed by atoms with Crippen molar-refractivity contribution in [2.75, 3.05) is 20.7 Å². The van der Waals surface area contributed by atoms with Crippen LogP contribution in [0.3, 0.4) is 0 Å². The number of methoxy groups -OCH3 is 1. The molecule has 5 rings (SSSR count). The SMILES string of the molecule is COc1cccc(CN2C[C@]34C=C[C@H](O3)[C@@H](C(=O)N(C)Cc3ccn[nH]3)[C@H]4C2=O)c1. The fourth-order valence-corrected chi connectivity index (χ4v) is 4.95. The lowest BCUT2D eigenvalue weighted by Gasteiger charge is -2.27. The fraction of sp³-hybridized carbons (Fsp3) is 0.409. The van der Waals surface area contributed by atoms with Gasteiger partial charge in [0.05, 0.1) is 43.8 Å². The summed E-state index contributed by atoms with van der Waals surface area (Å²) in [7, 11) is 3.37. The van der Waals surface area contributed by atoms with Gasteiger partial charge in [-0.1, -0.05) is 24.3 Å². The molecule has 2 aromatic rings. The second-order valence-electron chi connectivity index (χ2n) is 8.22. The lowest BCUT2D eigenvalue weighted by Crippen LogP contribution is -2.44. The first kappa shape index (κ1) is 18.9. The maximum Gasteiger partial charge on any atom is 0.230 e. The molecule has 1 aromatic heterocycles. The van der Waals surface area contributed by atoms with Gasteiger partial charge in [0.1, 0.15) is 11.4 Å². The summed E-state index contributed by atoms with van der Waals surface area (Å²) in [5, 5.41) is 6.80. The summed E-state index contributed by atoms with van der Waals surface area (Å²) in [6, 6.07) is 9.51. The van der Waals surface area contributed by atoms with E-state index in [0.717, 1.165) is 17.0 Å². The summed E-state index contributed by atoms with van der Waals surface area (Å²) in [6.45, 7) is 1.32. The van der Waals surface area contributed by atoms with Crippen molar-refractivity contribution in [3.8, 4) is 5.75 Å². The van der Waals surface area contributed by atoms with E-state index < -0.39 is 17.4 Å². The van der Waals surface area contributed by atoms with E-state index in [1.165, 1.54) is 0 Å². The number of hydrogen-bond donors (Lipinski definition) is 1. The molecule has 4 atom stereocenters. The van der Waals surface area contributed by atoms with Crippen molar-refractivity contribution in [2.24, 2.45) is 11.8 Å². The molecular weight excluding hydrogens is 384 g/mol. The van der Waals surface area contributed by atoms with Crippen LogP contribution in [0.25, 0.3) is 0 Å². The summed E-state index contributed by atoms with van der Waals surface area (Å²) in [5.74, 6) is -0.357. The van der Waals surface area contributed by atoms with E-state index in [2.05, 4.69) is 10.2 Å². The number of carbonyl (C=O) groups excluding carboxylic acids is 2. The Labute approximate surface area is 174 Å². The second kappa shape index (κ2) is 6.98. The molecule has 2 bridgehead atoms. The van der Waals surface area contributed by atoms with Gasteiger partial charge in [0.15, 0.2) is 0 Å². The third-order valence-corrected chi connectivity index (χ3v) is 6.31. The quantitative estimate of drug-likeness (QED) is 0.730. The highest BCUT2D eigenvalue weighted by Crippen LogP contribution is 2.52. The standard InChI is InChI=1S/C22H24N4O4/c1-25(12-15-7-9-23-24-15)20(27)18-17-6-8-22(30-17)13-26(21(28)19(18)22)11-14-4-3-5-16(10-14)29-2/h3-10,17-19H,11-13H2,1-2H3,(H,23,24)/t17-,18+,19-,22-/m0/s1. The van der Waals surface area contributed by atoms with Gasteiger partial charge < -0.3 is 19.3 Å². The number of nitrogens with zero attached hydrogens (tertiary/aromatic N) is 3. The highest BCUT2D eigenvalue weighted by atomic mass is 16.5. The maximum atomic E-state index is 13.4. The Bertz CT molecular complexity index is 1000. The van der Waals surface area contributed by atoms with Crippen LogP contribution in [-0.4, -0.2) is 64.2 Å². The van der Waals surface area contributed by atoms with Gasteiger partial charge in [0, 0.05) is 19.8 Å². The lowest BCUT2D eigenvalue weighted by molar-refractivity contribution is -0.142. The molecule has 1 spiro atoms. The Morgan fingerprint density at radius 2 is 2.30 bits per heavy atom. The molecule has 1 N–H and O–H groups in total. The number of aromatic nitrogens is 2. The number of aromatic amines is 1. The minimum Gasteiger partial charge on any atom is -0.497 e. The largest absolute Gasteiger partial charge is 0.497 e. The van der Waals surface area contributed by atoms with Crippen LogP contribution >= 0.6 is 0 Å². The molecule has 1 aromatic carbocycles. The molecule has 2 amide bonds. The van der Waals surface area contributed by atoms with Crippen molar-refractivity contribution in [1.82, 2.24) is 20.0 Å². The summed E-state index contributed by atoms with van der Waals surface area (Å²) in [5.41, 5.74) is 1.12. The van der Waals surface area contributed by atoms with E-state index in [1.807, 2.05) is 42.5 Å². The smallest absolute Gasteiger partial charge is 0.230 e. The monoisotopic (exact) mass is 408 g/mol. The molecule has 3 aliphatic rings. The fourth-order valence-electron chi connectivity index (χ4n) is 4.95. The molecule has 3 aliphatic heterocycles. The molecule has 156 valence electrons. The predicted molar refractivity (Wildman–Crippen MR) is 107 cm³/mol. The van der Waals surface area contributed by atoms with Crippen LogP contribution in [0.4, 0.5) is 0 Å². The number of hydrogen-bond acceptors (Lipinski definition) is 5. The number of likely N-dealkylation sites (tertiary alicyclic amines) is 1. The van der Waals surface area contributed by atoms with E-state index in [4.69, 9.17) is 9.47 Å². The van der Waals surface area contributed by atoms with Crippen molar-refractivity contribution < 1.29 is 19.1 Å². The molecule has 2 fully saturated rings. The Balaban J connectivity index is 1.36. The van der Waals surface area contributed by atoms with Gasteiger partial charge in [-0.2, -0.15) is 5.10 Å². The molecule has 0 saturated carbocycles. The second-order valence-corrected chi connectivity index (χ2v) is 8.22. The number of carbonyl (C=O) groups is 2. The van der Waals surface area contributed by atoms with E-state index in [1.54, 1.807) is 30.2 Å². The van der Waals surface area contributed by atoms with Gasteiger partial charge in [-0.15, -0.1) is 0 Å². The van der Waals surface area contributed by atoms with Crippen LogP contribution < -0.4 is 4.74 Å². The van der Waals surface area contributed by atoms with Crippen LogP contribution in [0, 0.1) is 11.8 Å². The highest BCUT2D eigenvalue weighted by Gasteiger charge is 2.67. The molecule has 2 saturated heterocycles. The maximum absolute atomic E-state index is 13.4. The summed E-state index contributed by atoms with van der Waals surface area (Å²) in [6.07, 6.45) is 5.22. The zero-order chi connectivity index (χ0) is 20.9. The van der Waals surface area contributed by atoms with E-state index >= 15 is 0 Å². The van der Waals surface area contributed by atoms with Crippen LogP contribution in [0.15, 0.2) is 48.7 Å². The van der Waals surface area contributed by atoms with Crippen molar-refractivity contribution in [2.45, 2.75) is 24.8 Å². The van der Waals surface area contributed by atoms with E-state index in [-0.39, 0.29) is 17.9 Å². The van der Waals surface area contributed by atoms with E-state index in [0.29, 0.717) is 19.6 Å². The predicted octanol–water partition coefficient (Wildman–Crippen LogP) is 1.36. The van der Waals surface area contributed by atoms with Crippen LogP contribution in [0.2, 0.25) is 0 Å². The zero-order valence-electron chi connectivity index (χ0n) is 16.9. The molecule has 8 heteroatoms. The van der Waals surface area contributed by atoms with Gasteiger partial charge in [-0.05, 0) is 23.8 Å². The highest BCUT2D eigenvalue weighted by molar-refractivity contribution is 5.93. The average Bonchev–Trinajstić information content (AvgIpc) is 3.51. The van der Waals surface area contributed by atoms with Gasteiger partial charge in [0.2, 0.25) is 11.8 Å². The molecule has 4 heterocycles. The average molecular weight is 408 g/mol. The summed E-state index contributed by atoms with van der Waals surface area (Å²) in [4.78, 5) is 30.1. The number of H-pyrrole nitrogens is 1. The normalized spacial score (nSPS) is 28.8. The van der Waals surface area contributed by atoms with Crippen LogP contribution in [0.5, 0.6) is 5.75 Å². The van der Waals surface area contributed by atoms with Crippen molar-refractivity contribution in [1.29, 1.82) is 0 Å². The van der Waals surface area contributed by atoms with Gasteiger partial charge in [-0.25, -0.2) is 0 Å². The topological polar surface area (TPSA) is 87.8 Å². The number of amides is 2. The van der Waals surface area contributed by atoms with Crippen molar-refractivity contribution >= 4 is 11.8 Å². The van der Waals surface area contributed by atoms with Crippen LogP contribution in [0.1, 0.15) is 11.3 Å². The molecule has 8 nitrogen and oxygen atoms in total. The Hall–Kier alpha value is -3.13.